The molecule has 0 unspecified atom stereocenters. The Bertz CT molecular complexity index is 591. The molecule has 0 aliphatic carbocycles. The summed E-state index contributed by atoms with van der Waals surface area (Å²) in [5, 5.41) is 11.3. The molecule has 0 aliphatic rings. The third-order valence-corrected chi connectivity index (χ3v) is 2.42. The minimum atomic E-state index is -0.325. The summed E-state index contributed by atoms with van der Waals surface area (Å²) in [5.74, 6) is -0.159. The maximum atomic E-state index is 11.5. The van der Waals surface area contributed by atoms with Gasteiger partial charge in [-0.05, 0) is 11.6 Å². The molecule has 0 saturated heterocycles. The van der Waals surface area contributed by atoms with Gasteiger partial charge in [-0.1, -0.05) is 30.3 Å². The van der Waals surface area contributed by atoms with Crippen LogP contribution in [0.4, 0.5) is 5.82 Å². The van der Waals surface area contributed by atoms with Crippen LogP contribution in [0.1, 0.15) is 5.56 Å². The van der Waals surface area contributed by atoms with E-state index in [1.54, 1.807) is 12.1 Å². The lowest BCUT2D eigenvalue weighted by atomic mass is 10.2. The van der Waals surface area contributed by atoms with E-state index in [4.69, 9.17) is 0 Å². The topological polar surface area (TPSA) is 86.9 Å². The van der Waals surface area contributed by atoms with Crippen molar-refractivity contribution in [3.05, 3.63) is 54.2 Å². The first-order valence-electron chi connectivity index (χ1n) is 6.04. The molecule has 0 spiro atoms. The molecule has 2 aromatic rings. The van der Waals surface area contributed by atoms with Crippen LogP contribution in [-0.4, -0.2) is 28.6 Å². The summed E-state index contributed by atoms with van der Waals surface area (Å²) in [6.45, 7) is -0.100. The van der Waals surface area contributed by atoms with Crippen molar-refractivity contribution >= 4 is 23.7 Å². The molecule has 1 aromatic carbocycles. The highest BCUT2D eigenvalue weighted by Crippen LogP contribution is 2.00. The van der Waals surface area contributed by atoms with Crippen molar-refractivity contribution in [2.24, 2.45) is 0 Å². The van der Waals surface area contributed by atoms with Crippen molar-refractivity contribution in [1.82, 2.24) is 15.5 Å². The van der Waals surface area contributed by atoms with E-state index in [0.29, 0.717) is 5.82 Å². The molecule has 2 amide bonds. The molecule has 1 aromatic heterocycles. The molecule has 3 N–H and O–H groups in total. The Morgan fingerprint density at radius 1 is 1.20 bits per heavy atom. The molecular formula is C14H14N4O2. The third kappa shape index (κ3) is 4.41. The van der Waals surface area contributed by atoms with Crippen molar-refractivity contribution in [1.29, 1.82) is 0 Å². The summed E-state index contributed by atoms with van der Waals surface area (Å²) >= 11 is 0. The lowest BCUT2D eigenvalue weighted by Crippen LogP contribution is -2.31. The normalized spacial score (nSPS) is 10.4. The van der Waals surface area contributed by atoms with Crippen molar-refractivity contribution in [3.8, 4) is 0 Å². The largest absolute Gasteiger partial charge is 0.343 e. The Kier molecular flexibility index (Phi) is 4.66. The fraction of sp³-hybridized carbons (Fsp3) is 0.0714. The highest BCUT2D eigenvalue weighted by atomic mass is 16.2. The van der Waals surface area contributed by atoms with Gasteiger partial charge in [0.15, 0.2) is 0 Å². The zero-order valence-corrected chi connectivity index (χ0v) is 10.7. The highest BCUT2D eigenvalue weighted by molar-refractivity contribution is 5.97. The van der Waals surface area contributed by atoms with Gasteiger partial charge >= 0.3 is 0 Å². The van der Waals surface area contributed by atoms with Crippen LogP contribution in [0.2, 0.25) is 0 Å². The number of aromatic nitrogens is 2. The lowest BCUT2D eigenvalue weighted by Gasteiger charge is -2.02. The first kappa shape index (κ1) is 13.5. The minimum absolute atomic E-state index is 0.100. The van der Waals surface area contributed by atoms with Crippen LogP contribution in [0, 0.1) is 0 Å². The SMILES string of the molecule is O=C(/C=C/c1ccccc1)NCC(=O)Nc1ccn[nH]1. The van der Waals surface area contributed by atoms with E-state index >= 15 is 0 Å². The molecule has 0 fully saturated rings. The van der Waals surface area contributed by atoms with Gasteiger partial charge < -0.3 is 10.6 Å². The number of rotatable bonds is 5. The standard InChI is InChI=1S/C14H14N4O2/c19-13(7-6-11-4-2-1-3-5-11)15-10-14(20)17-12-8-9-16-18-12/h1-9H,10H2,(H,15,19)(H2,16,17,18,20)/b7-6+. The molecular weight excluding hydrogens is 256 g/mol. The van der Waals surface area contributed by atoms with Crippen molar-refractivity contribution < 1.29 is 9.59 Å². The highest BCUT2D eigenvalue weighted by Gasteiger charge is 2.04. The molecule has 0 bridgehead atoms. The number of nitrogens with zero attached hydrogens (tertiary/aromatic N) is 1. The van der Waals surface area contributed by atoms with Crippen LogP contribution in [0.15, 0.2) is 48.7 Å². The summed E-state index contributed by atoms with van der Waals surface area (Å²) in [6, 6.07) is 11.1. The van der Waals surface area contributed by atoms with Crippen LogP contribution in [-0.2, 0) is 9.59 Å². The first-order chi connectivity index (χ1) is 9.74. The second kappa shape index (κ2) is 6.89. The van der Waals surface area contributed by atoms with Gasteiger partial charge in [0.25, 0.3) is 0 Å². The average molecular weight is 270 g/mol. The van der Waals surface area contributed by atoms with Crippen molar-refractivity contribution in [3.63, 3.8) is 0 Å². The van der Waals surface area contributed by atoms with Crippen LogP contribution < -0.4 is 10.6 Å². The number of hydrogen-bond donors (Lipinski definition) is 3. The number of carbonyl (C=O) groups is 2. The molecule has 6 heteroatoms. The molecule has 6 nitrogen and oxygen atoms in total. The van der Waals surface area contributed by atoms with E-state index in [9.17, 15) is 9.59 Å². The fourth-order valence-corrected chi connectivity index (χ4v) is 1.48. The van der Waals surface area contributed by atoms with Crippen LogP contribution >= 0.6 is 0 Å². The molecule has 2 rings (SSSR count). The summed E-state index contributed by atoms with van der Waals surface area (Å²) in [5.41, 5.74) is 0.921. The number of carbonyl (C=O) groups excluding carboxylic acids is 2. The zero-order valence-electron chi connectivity index (χ0n) is 10.7. The zero-order chi connectivity index (χ0) is 14.2. The third-order valence-electron chi connectivity index (χ3n) is 2.42. The number of nitrogens with one attached hydrogen (secondary N) is 3. The van der Waals surface area contributed by atoms with Gasteiger partial charge in [0.1, 0.15) is 5.82 Å². The van der Waals surface area contributed by atoms with E-state index in [1.165, 1.54) is 12.3 Å². The molecule has 0 radical (unpaired) electrons. The number of amides is 2. The van der Waals surface area contributed by atoms with Crippen LogP contribution in [0.25, 0.3) is 6.08 Å². The van der Waals surface area contributed by atoms with Crippen molar-refractivity contribution in [2.75, 3.05) is 11.9 Å². The quantitative estimate of drug-likeness (QED) is 0.713. The Hall–Kier alpha value is -2.89. The van der Waals surface area contributed by atoms with E-state index in [0.717, 1.165) is 5.56 Å². The molecule has 102 valence electrons. The monoisotopic (exact) mass is 270 g/mol. The Morgan fingerprint density at radius 2 is 2.00 bits per heavy atom. The molecule has 0 aliphatic heterocycles. The summed E-state index contributed by atoms with van der Waals surface area (Å²) < 4.78 is 0. The predicted octanol–water partition coefficient (Wildman–Crippen LogP) is 1.18. The number of hydrogen-bond acceptors (Lipinski definition) is 3. The van der Waals surface area contributed by atoms with Gasteiger partial charge in [-0.15, -0.1) is 0 Å². The van der Waals surface area contributed by atoms with Gasteiger partial charge in [-0.25, -0.2) is 0 Å². The van der Waals surface area contributed by atoms with Crippen LogP contribution in [0.5, 0.6) is 0 Å². The molecule has 0 saturated carbocycles. The lowest BCUT2D eigenvalue weighted by molar-refractivity contribution is -0.121. The number of anilines is 1. The van der Waals surface area contributed by atoms with Gasteiger partial charge in [-0.3, -0.25) is 14.7 Å². The maximum Gasteiger partial charge on any atom is 0.244 e. The Labute approximate surface area is 115 Å². The van der Waals surface area contributed by atoms with Gasteiger partial charge in [-0.2, -0.15) is 5.10 Å². The predicted molar refractivity (Wildman–Crippen MR) is 75.7 cm³/mol. The average Bonchev–Trinajstić information content (AvgIpc) is 2.97. The minimum Gasteiger partial charge on any atom is -0.343 e. The van der Waals surface area contributed by atoms with E-state index in [1.807, 2.05) is 30.3 Å². The maximum absolute atomic E-state index is 11.5. The summed E-state index contributed by atoms with van der Waals surface area (Å²) in [7, 11) is 0. The molecule has 20 heavy (non-hydrogen) atoms. The fourth-order valence-electron chi connectivity index (χ4n) is 1.48. The number of benzene rings is 1. The van der Waals surface area contributed by atoms with Crippen LogP contribution in [0.3, 0.4) is 0 Å². The number of H-pyrrole nitrogens is 1. The van der Waals surface area contributed by atoms with Gasteiger partial charge in [0.2, 0.25) is 11.8 Å². The van der Waals surface area contributed by atoms with E-state index in [-0.39, 0.29) is 18.4 Å². The second-order valence-electron chi connectivity index (χ2n) is 3.98. The first-order valence-corrected chi connectivity index (χ1v) is 6.04. The van der Waals surface area contributed by atoms with E-state index in [2.05, 4.69) is 20.8 Å². The Balaban J connectivity index is 1.75. The Morgan fingerprint density at radius 3 is 2.70 bits per heavy atom. The smallest absolute Gasteiger partial charge is 0.244 e. The summed E-state index contributed by atoms with van der Waals surface area (Å²) in [4.78, 5) is 23.0. The van der Waals surface area contributed by atoms with Gasteiger partial charge in [0.05, 0.1) is 12.7 Å². The van der Waals surface area contributed by atoms with Gasteiger partial charge in [0, 0.05) is 12.1 Å². The summed E-state index contributed by atoms with van der Waals surface area (Å²) in [6.07, 6.45) is 4.59. The molecule has 0 atom stereocenters. The second-order valence-corrected chi connectivity index (χ2v) is 3.98. The van der Waals surface area contributed by atoms with Crippen molar-refractivity contribution in [2.45, 2.75) is 0 Å². The number of aromatic amines is 1. The van der Waals surface area contributed by atoms with E-state index < -0.39 is 0 Å². The molecule has 1 heterocycles.